The molecule has 192 valence electrons. The lowest BCUT2D eigenvalue weighted by atomic mass is 9.98. The molecule has 0 aliphatic rings. The molecule has 0 saturated heterocycles. The molecule has 0 spiro atoms. The fourth-order valence-corrected chi connectivity index (χ4v) is 5.50. The molecule has 0 saturated carbocycles. The smallest absolute Gasteiger partial charge is 0.162 e. The van der Waals surface area contributed by atoms with Crippen molar-refractivity contribution in [2.24, 2.45) is 0 Å². The number of nitrogens with zero attached hydrogens (tertiary/aromatic N) is 3. The van der Waals surface area contributed by atoms with Gasteiger partial charge in [0.1, 0.15) is 11.1 Å². The van der Waals surface area contributed by atoms with Crippen LogP contribution in [0.4, 0.5) is 0 Å². The Morgan fingerprint density at radius 2 is 1.00 bits per heavy atom. The van der Waals surface area contributed by atoms with E-state index in [-0.39, 0.29) is 0 Å². The Bertz CT molecular complexity index is 2130. The summed E-state index contributed by atoms with van der Waals surface area (Å²) in [6.45, 7) is 0. The van der Waals surface area contributed by atoms with E-state index in [0.29, 0.717) is 5.82 Å². The average Bonchev–Trinajstić information content (AvgIpc) is 3.42. The molecule has 0 radical (unpaired) electrons. The van der Waals surface area contributed by atoms with Crippen molar-refractivity contribution in [3.05, 3.63) is 140 Å². The Morgan fingerprint density at radius 3 is 1.68 bits per heavy atom. The van der Waals surface area contributed by atoms with Gasteiger partial charge in [-0.2, -0.15) is 0 Å². The van der Waals surface area contributed by atoms with Crippen molar-refractivity contribution in [3.63, 3.8) is 0 Å². The third kappa shape index (κ3) is 4.05. The van der Waals surface area contributed by atoms with Crippen LogP contribution in [0.3, 0.4) is 0 Å². The van der Waals surface area contributed by atoms with Gasteiger partial charge in [0.15, 0.2) is 11.4 Å². The van der Waals surface area contributed by atoms with Gasteiger partial charge in [-0.05, 0) is 29.8 Å². The van der Waals surface area contributed by atoms with Crippen molar-refractivity contribution in [1.82, 2.24) is 15.0 Å². The molecule has 4 heteroatoms. The van der Waals surface area contributed by atoms with E-state index in [2.05, 4.69) is 72.8 Å². The van der Waals surface area contributed by atoms with E-state index in [1.807, 2.05) is 66.7 Å². The molecule has 0 amide bonds. The summed E-state index contributed by atoms with van der Waals surface area (Å²) in [4.78, 5) is 15.0. The first-order valence-corrected chi connectivity index (χ1v) is 13.6. The maximum absolute atomic E-state index is 6.40. The van der Waals surface area contributed by atoms with Gasteiger partial charge in [-0.1, -0.05) is 115 Å². The van der Waals surface area contributed by atoms with Crippen LogP contribution in [0.15, 0.2) is 144 Å². The molecule has 3 heterocycles. The van der Waals surface area contributed by atoms with Crippen LogP contribution in [0.1, 0.15) is 0 Å². The summed E-state index contributed by atoms with van der Waals surface area (Å²) in [6, 6.07) is 47.3. The number of furan rings is 1. The normalized spacial score (nSPS) is 11.4. The zero-order valence-electron chi connectivity index (χ0n) is 22.0. The minimum Gasteiger partial charge on any atom is -0.454 e. The fourth-order valence-electron chi connectivity index (χ4n) is 5.50. The third-order valence-corrected chi connectivity index (χ3v) is 7.50. The molecule has 0 bridgehead atoms. The Kier molecular flexibility index (Phi) is 5.42. The van der Waals surface area contributed by atoms with Crippen molar-refractivity contribution in [2.45, 2.75) is 0 Å². The summed E-state index contributed by atoms with van der Waals surface area (Å²) in [5, 5.41) is 2.08. The van der Waals surface area contributed by atoms with Gasteiger partial charge < -0.3 is 4.42 Å². The first-order chi connectivity index (χ1) is 20.3. The number of hydrogen-bond acceptors (Lipinski definition) is 4. The highest BCUT2D eigenvalue weighted by Gasteiger charge is 2.18. The van der Waals surface area contributed by atoms with Gasteiger partial charge in [0.25, 0.3) is 0 Å². The van der Waals surface area contributed by atoms with Crippen molar-refractivity contribution in [1.29, 1.82) is 0 Å². The van der Waals surface area contributed by atoms with Gasteiger partial charge in [-0.25, -0.2) is 15.0 Å². The lowest BCUT2D eigenvalue weighted by Gasteiger charge is -2.11. The van der Waals surface area contributed by atoms with Gasteiger partial charge >= 0.3 is 0 Å². The summed E-state index contributed by atoms with van der Waals surface area (Å²) in [5.41, 5.74) is 10.4. The van der Waals surface area contributed by atoms with E-state index >= 15 is 0 Å². The van der Waals surface area contributed by atoms with Gasteiger partial charge in [-0.15, -0.1) is 0 Å². The van der Waals surface area contributed by atoms with Crippen LogP contribution < -0.4 is 0 Å². The Morgan fingerprint density at radius 1 is 0.439 bits per heavy atom. The quantitative estimate of drug-likeness (QED) is 0.230. The highest BCUT2D eigenvalue weighted by atomic mass is 16.3. The van der Waals surface area contributed by atoms with E-state index in [0.717, 1.165) is 72.2 Å². The molecule has 41 heavy (non-hydrogen) atoms. The highest BCUT2D eigenvalue weighted by Crippen LogP contribution is 2.40. The zero-order chi connectivity index (χ0) is 27.2. The van der Waals surface area contributed by atoms with Crippen molar-refractivity contribution in [3.8, 4) is 45.0 Å². The number of benzene rings is 5. The molecule has 8 rings (SSSR count). The molecule has 0 atom stereocenters. The monoisotopic (exact) mass is 525 g/mol. The summed E-state index contributed by atoms with van der Waals surface area (Å²) in [6.07, 6.45) is 0. The first-order valence-electron chi connectivity index (χ1n) is 13.6. The topological polar surface area (TPSA) is 51.8 Å². The first kappa shape index (κ1) is 23.3. The van der Waals surface area contributed by atoms with Crippen molar-refractivity contribution < 1.29 is 4.42 Å². The second kappa shape index (κ2) is 9.54. The van der Waals surface area contributed by atoms with Crippen LogP contribution in [-0.4, -0.2) is 15.0 Å². The van der Waals surface area contributed by atoms with E-state index in [1.54, 1.807) is 0 Å². The molecule has 0 aliphatic carbocycles. The molecule has 0 unspecified atom stereocenters. The highest BCUT2D eigenvalue weighted by molar-refractivity contribution is 6.14. The SMILES string of the molecule is c1ccc(-c2cc(-c3ccccc3)nc(-c3ccc(-c4c5ccccc5nc5c4oc4ccccc45)cc3)n2)cc1. The van der Waals surface area contributed by atoms with Gasteiger partial charge in [0.2, 0.25) is 0 Å². The maximum Gasteiger partial charge on any atom is 0.162 e. The van der Waals surface area contributed by atoms with Gasteiger partial charge in [-0.3, -0.25) is 0 Å². The van der Waals surface area contributed by atoms with Crippen LogP contribution in [0.2, 0.25) is 0 Å². The molecule has 0 aliphatic heterocycles. The van der Waals surface area contributed by atoms with Gasteiger partial charge in [0.05, 0.1) is 16.9 Å². The van der Waals surface area contributed by atoms with E-state index in [4.69, 9.17) is 19.4 Å². The summed E-state index contributed by atoms with van der Waals surface area (Å²) in [7, 11) is 0. The number of rotatable bonds is 4. The molecule has 0 fully saturated rings. The third-order valence-electron chi connectivity index (χ3n) is 7.50. The van der Waals surface area contributed by atoms with Crippen LogP contribution in [0, 0.1) is 0 Å². The van der Waals surface area contributed by atoms with Crippen LogP contribution in [0.25, 0.3) is 78.0 Å². The largest absolute Gasteiger partial charge is 0.454 e. The van der Waals surface area contributed by atoms with Crippen molar-refractivity contribution >= 4 is 33.0 Å². The van der Waals surface area contributed by atoms with E-state index in [9.17, 15) is 0 Å². The predicted octanol–water partition coefficient (Wildman–Crippen LogP) is 9.59. The minimum atomic E-state index is 0.685. The molecule has 0 N–H and O–H groups in total. The van der Waals surface area contributed by atoms with Crippen molar-refractivity contribution in [2.75, 3.05) is 0 Å². The van der Waals surface area contributed by atoms with E-state index in [1.165, 1.54) is 0 Å². The summed E-state index contributed by atoms with van der Waals surface area (Å²) >= 11 is 0. The summed E-state index contributed by atoms with van der Waals surface area (Å²) < 4.78 is 6.40. The summed E-state index contributed by atoms with van der Waals surface area (Å²) in [5.74, 6) is 0.685. The zero-order valence-corrected chi connectivity index (χ0v) is 22.0. The molecule has 3 aromatic heterocycles. The Balaban J connectivity index is 1.30. The van der Waals surface area contributed by atoms with Crippen LogP contribution in [0.5, 0.6) is 0 Å². The molecular weight excluding hydrogens is 502 g/mol. The van der Waals surface area contributed by atoms with Gasteiger partial charge in [0, 0.05) is 33.0 Å². The number of pyridine rings is 1. The lowest BCUT2D eigenvalue weighted by molar-refractivity contribution is 0.670. The predicted molar refractivity (Wildman–Crippen MR) is 166 cm³/mol. The molecule has 8 aromatic rings. The maximum atomic E-state index is 6.40. The number of para-hydroxylation sites is 2. The standard InChI is InChI=1S/C37H23N3O/c1-3-11-24(12-4-1)31-23-32(25-13-5-2-6-14-25)40-37(39-31)27-21-19-26(20-22-27)34-28-15-7-9-17-30(28)38-35-29-16-8-10-18-33(29)41-36(34)35/h1-23H. The number of hydrogen-bond donors (Lipinski definition) is 0. The fraction of sp³-hybridized carbons (Fsp3) is 0. The Labute approximate surface area is 236 Å². The second-order valence-electron chi connectivity index (χ2n) is 10.1. The number of aromatic nitrogens is 3. The molecule has 5 aromatic carbocycles. The lowest BCUT2D eigenvalue weighted by Crippen LogP contribution is -1.96. The molecule has 4 nitrogen and oxygen atoms in total. The van der Waals surface area contributed by atoms with E-state index < -0.39 is 0 Å². The minimum absolute atomic E-state index is 0.685. The number of fused-ring (bicyclic) bond motifs is 4. The second-order valence-corrected chi connectivity index (χ2v) is 10.1. The average molecular weight is 526 g/mol. The van der Waals surface area contributed by atoms with Crippen LogP contribution >= 0.6 is 0 Å². The van der Waals surface area contributed by atoms with Crippen LogP contribution in [-0.2, 0) is 0 Å². The molecular formula is C37H23N3O. The Hall–Kier alpha value is -5.61.